The molecule has 0 bridgehead atoms. The Kier molecular flexibility index (Phi) is 6.65. The highest BCUT2D eigenvalue weighted by Crippen LogP contribution is 2.29. The van der Waals surface area contributed by atoms with Crippen molar-refractivity contribution < 1.29 is 17.4 Å². The van der Waals surface area contributed by atoms with Crippen LogP contribution in [0.15, 0.2) is 17.0 Å². The van der Waals surface area contributed by atoms with Crippen molar-refractivity contribution in [2.45, 2.75) is 18.7 Å². The molecule has 0 saturated carbocycles. The van der Waals surface area contributed by atoms with Crippen molar-refractivity contribution in [3.05, 3.63) is 28.3 Å². The van der Waals surface area contributed by atoms with E-state index < -0.39 is 25.8 Å². The molecule has 21 heavy (non-hydrogen) atoms. The number of amides is 1. The molecule has 1 atom stereocenters. The van der Waals surface area contributed by atoms with Crippen molar-refractivity contribution in [2.24, 2.45) is 0 Å². The highest BCUT2D eigenvalue weighted by molar-refractivity contribution is 8.13. The van der Waals surface area contributed by atoms with Gasteiger partial charge in [-0.2, -0.15) is 0 Å². The fraction of sp³-hybridized carbons (Fsp3) is 0.417. The fourth-order valence-corrected chi connectivity index (χ4v) is 3.73. The molecule has 0 aliphatic carbocycles. The first-order chi connectivity index (χ1) is 9.66. The number of benzene rings is 1. The number of rotatable bonds is 6. The van der Waals surface area contributed by atoms with Gasteiger partial charge in [0, 0.05) is 45.1 Å². The molecule has 0 spiro atoms. The zero-order chi connectivity index (χ0) is 16.2. The smallest absolute Gasteiger partial charge is 0.262 e. The number of hydrogen-bond acceptors (Lipinski definition) is 4. The monoisotopic (exact) mass is 371 g/mol. The van der Waals surface area contributed by atoms with E-state index >= 15 is 0 Å². The van der Waals surface area contributed by atoms with E-state index in [0.717, 1.165) is 6.07 Å². The van der Waals surface area contributed by atoms with Gasteiger partial charge in [-0.25, -0.2) is 8.42 Å². The summed E-state index contributed by atoms with van der Waals surface area (Å²) < 4.78 is 34.1. The molecular formula is C12H15Cl2NO4S2. The second-order valence-corrected chi connectivity index (χ2v) is 9.01. The third kappa shape index (κ3) is 5.25. The van der Waals surface area contributed by atoms with E-state index in [-0.39, 0.29) is 22.0 Å². The summed E-state index contributed by atoms with van der Waals surface area (Å²) in [5.41, 5.74) is 0.569. The van der Waals surface area contributed by atoms with Crippen LogP contribution in [0.4, 0.5) is 0 Å². The minimum atomic E-state index is -4.04. The molecule has 1 unspecified atom stereocenters. The number of carbonyl (C=O) groups is 1. The minimum Gasteiger partial charge on any atom is -0.351 e. The first-order valence-corrected chi connectivity index (χ1v) is 10.2. The third-order valence-corrected chi connectivity index (χ3v) is 5.95. The maximum absolute atomic E-state index is 12.0. The van der Waals surface area contributed by atoms with Crippen LogP contribution in [0.25, 0.3) is 0 Å². The molecule has 1 N–H and O–H groups in total. The Hall–Kier alpha value is -0.630. The molecule has 5 nitrogen and oxygen atoms in total. The fourth-order valence-electron chi connectivity index (χ4n) is 1.57. The van der Waals surface area contributed by atoms with Gasteiger partial charge >= 0.3 is 0 Å². The maximum Gasteiger partial charge on any atom is 0.262 e. The van der Waals surface area contributed by atoms with Gasteiger partial charge in [0.2, 0.25) is 0 Å². The van der Waals surface area contributed by atoms with Gasteiger partial charge in [-0.15, -0.1) is 0 Å². The van der Waals surface area contributed by atoms with E-state index in [0.29, 0.717) is 17.1 Å². The number of carbonyl (C=O) groups excluding carboxylic acids is 1. The molecule has 1 aromatic carbocycles. The van der Waals surface area contributed by atoms with E-state index in [9.17, 15) is 17.4 Å². The lowest BCUT2D eigenvalue weighted by Crippen LogP contribution is -2.28. The Bertz CT molecular complexity index is 674. The average molecular weight is 372 g/mol. The number of aryl methyl sites for hydroxylation is 1. The van der Waals surface area contributed by atoms with Gasteiger partial charge < -0.3 is 5.32 Å². The summed E-state index contributed by atoms with van der Waals surface area (Å²) in [5.74, 6) is 0.393. The number of hydrogen-bond donors (Lipinski definition) is 1. The van der Waals surface area contributed by atoms with E-state index in [1.54, 1.807) is 13.8 Å². The van der Waals surface area contributed by atoms with Crippen LogP contribution >= 0.6 is 22.3 Å². The van der Waals surface area contributed by atoms with Crippen molar-refractivity contribution in [3.8, 4) is 0 Å². The van der Waals surface area contributed by atoms with Gasteiger partial charge in [-0.05, 0) is 24.6 Å². The van der Waals surface area contributed by atoms with E-state index in [1.807, 2.05) is 0 Å². The Labute approximate surface area is 135 Å². The third-order valence-electron chi connectivity index (χ3n) is 2.68. The van der Waals surface area contributed by atoms with Crippen molar-refractivity contribution in [1.82, 2.24) is 5.32 Å². The van der Waals surface area contributed by atoms with Gasteiger partial charge in [0.15, 0.2) is 0 Å². The largest absolute Gasteiger partial charge is 0.351 e. The highest BCUT2D eigenvalue weighted by Gasteiger charge is 2.19. The molecule has 1 aromatic rings. The van der Waals surface area contributed by atoms with Crippen molar-refractivity contribution in [1.29, 1.82) is 0 Å². The van der Waals surface area contributed by atoms with Crippen molar-refractivity contribution >= 4 is 48.0 Å². The predicted octanol–water partition coefficient (Wildman–Crippen LogP) is 2.07. The normalized spacial score (nSPS) is 13.0. The number of halogens is 2. The van der Waals surface area contributed by atoms with Crippen LogP contribution in [-0.2, 0) is 19.9 Å². The lowest BCUT2D eigenvalue weighted by Gasteiger charge is -2.09. The van der Waals surface area contributed by atoms with Crippen molar-refractivity contribution in [3.63, 3.8) is 0 Å². The molecule has 0 aromatic heterocycles. The second kappa shape index (κ2) is 7.58. The first kappa shape index (κ1) is 18.4. The molecular weight excluding hydrogens is 357 g/mol. The lowest BCUT2D eigenvalue weighted by molar-refractivity contribution is 0.0956. The van der Waals surface area contributed by atoms with Crippen LogP contribution < -0.4 is 5.32 Å². The van der Waals surface area contributed by atoms with E-state index in [2.05, 4.69) is 5.32 Å². The molecule has 1 rings (SSSR count). The summed E-state index contributed by atoms with van der Waals surface area (Å²) in [4.78, 5) is 11.7. The zero-order valence-corrected chi connectivity index (χ0v) is 14.6. The Morgan fingerprint density at radius 1 is 1.38 bits per heavy atom. The predicted molar refractivity (Wildman–Crippen MR) is 85.1 cm³/mol. The zero-order valence-electron chi connectivity index (χ0n) is 11.5. The Balaban J connectivity index is 2.96. The molecule has 0 saturated heterocycles. The molecule has 118 valence electrons. The van der Waals surface area contributed by atoms with E-state index in [1.165, 1.54) is 6.07 Å². The van der Waals surface area contributed by atoms with Gasteiger partial charge in [0.05, 0.1) is 5.02 Å². The van der Waals surface area contributed by atoms with Gasteiger partial charge in [0.1, 0.15) is 4.90 Å². The van der Waals surface area contributed by atoms with Crippen molar-refractivity contribution in [2.75, 3.05) is 18.1 Å². The van der Waals surface area contributed by atoms with Crippen LogP contribution in [0.5, 0.6) is 0 Å². The molecule has 1 amide bonds. The summed E-state index contributed by atoms with van der Waals surface area (Å²) in [6.07, 6.45) is 0. The lowest BCUT2D eigenvalue weighted by atomic mass is 10.1. The van der Waals surface area contributed by atoms with Gasteiger partial charge in [0.25, 0.3) is 15.0 Å². The molecule has 0 aliphatic heterocycles. The van der Waals surface area contributed by atoms with Crippen LogP contribution in [0.2, 0.25) is 5.02 Å². The SMILES string of the molecule is CCS(=O)CCNC(=O)c1cc(C)c(Cl)c(S(=O)(=O)Cl)c1. The Morgan fingerprint density at radius 2 is 2.00 bits per heavy atom. The topological polar surface area (TPSA) is 80.3 Å². The summed E-state index contributed by atoms with van der Waals surface area (Å²) in [7, 11) is 0.276. The first-order valence-electron chi connectivity index (χ1n) is 6.04. The molecule has 0 fully saturated rings. The summed E-state index contributed by atoms with van der Waals surface area (Å²) >= 11 is 5.88. The standard InChI is InChI=1S/C12H15Cl2NO4S2/c1-3-20(17)5-4-15-12(16)9-6-8(2)11(13)10(7-9)21(14,18)19/h6-7H,3-5H2,1-2H3,(H,15,16). The summed E-state index contributed by atoms with van der Waals surface area (Å²) in [6, 6.07) is 2.60. The maximum atomic E-state index is 12.0. The summed E-state index contributed by atoms with van der Waals surface area (Å²) in [5, 5.41) is 2.57. The number of nitrogens with one attached hydrogen (secondary N) is 1. The second-order valence-electron chi connectivity index (χ2n) is 4.23. The van der Waals surface area contributed by atoms with Crippen LogP contribution in [0.3, 0.4) is 0 Å². The molecule has 9 heteroatoms. The quantitative estimate of drug-likeness (QED) is 0.776. The highest BCUT2D eigenvalue weighted by atomic mass is 35.7. The van der Waals surface area contributed by atoms with Crippen LogP contribution in [-0.4, -0.2) is 36.6 Å². The molecule has 0 heterocycles. The Morgan fingerprint density at radius 3 is 2.52 bits per heavy atom. The minimum absolute atomic E-state index is 0.00589. The van der Waals surface area contributed by atoms with E-state index in [4.69, 9.17) is 22.3 Å². The summed E-state index contributed by atoms with van der Waals surface area (Å²) in [6.45, 7) is 3.61. The average Bonchev–Trinajstić information content (AvgIpc) is 2.39. The van der Waals surface area contributed by atoms with Gasteiger partial charge in [-0.1, -0.05) is 18.5 Å². The molecule has 0 radical (unpaired) electrons. The van der Waals surface area contributed by atoms with Crippen LogP contribution in [0, 0.1) is 6.92 Å². The van der Waals surface area contributed by atoms with Crippen LogP contribution in [0.1, 0.15) is 22.8 Å². The van der Waals surface area contributed by atoms with Gasteiger partial charge in [-0.3, -0.25) is 9.00 Å². The molecule has 0 aliphatic rings.